The van der Waals surface area contributed by atoms with E-state index in [0.717, 1.165) is 38.3 Å². The number of aromatic nitrogens is 1. The zero-order chi connectivity index (χ0) is 13.7. The summed E-state index contributed by atoms with van der Waals surface area (Å²) in [6.45, 7) is 5.73. The summed E-state index contributed by atoms with van der Waals surface area (Å²) >= 11 is 1.57. The number of aliphatic hydroxyl groups is 1. The molecule has 1 aliphatic heterocycles. The summed E-state index contributed by atoms with van der Waals surface area (Å²) in [4.78, 5) is 20.4. The average Bonchev–Trinajstić information content (AvgIpc) is 2.89. The highest BCUT2D eigenvalue weighted by atomic mass is 32.1. The van der Waals surface area contributed by atoms with Gasteiger partial charge in [0.05, 0.1) is 17.3 Å². The highest BCUT2D eigenvalue weighted by molar-refractivity contribution is 7.07. The number of piperazine rings is 1. The van der Waals surface area contributed by atoms with Crippen LogP contribution in [0.1, 0.15) is 19.0 Å². The molecule has 0 saturated carbocycles. The molecular formula is C13H21N3O2S. The smallest absolute Gasteiger partial charge is 0.223 e. The predicted molar refractivity (Wildman–Crippen MR) is 75.1 cm³/mol. The fourth-order valence-corrected chi connectivity index (χ4v) is 2.90. The molecule has 0 bridgehead atoms. The largest absolute Gasteiger partial charge is 0.392 e. The summed E-state index contributed by atoms with van der Waals surface area (Å²) in [5, 5.41) is 11.3. The highest BCUT2D eigenvalue weighted by Gasteiger charge is 2.21. The number of thiazole rings is 1. The summed E-state index contributed by atoms with van der Waals surface area (Å²) in [6, 6.07) is 0. The normalized spacial score (nSPS) is 18.5. The van der Waals surface area contributed by atoms with Crippen molar-refractivity contribution >= 4 is 17.2 Å². The molecule has 0 aromatic carbocycles. The molecule has 5 nitrogen and oxygen atoms in total. The van der Waals surface area contributed by atoms with Crippen LogP contribution < -0.4 is 0 Å². The molecule has 0 aliphatic carbocycles. The van der Waals surface area contributed by atoms with Gasteiger partial charge in [-0.2, -0.15) is 0 Å². The van der Waals surface area contributed by atoms with E-state index in [1.807, 2.05) is 10.3 Å². The van der Waals surface area contributed by atoms with Gasteiger partial charge < -0.3 is 10.0 Å². The fraction of sp³-hybridized carbons (Fsp3) is 0.692. The van der Waals surface area contributed by atoms with Gasteiger partial charge >= 0.3 is 0 Å². The van der Waals surface area contributed by atoms with Crippen molar-refractivity contribution in [3.05, 3.63) is 16.6 Å². The van der Waals surface area contributed by atoms with Crippen LogP contribution in [-0.2, 0) is 11.2 Å². The Morgan fingerprint density at radius 2 is 2.21 bits per heavy atom. The maximum atomic E-state index is 12.1. The topological polar surface area (TPSA) is 56.7 Å². The number of aryl methyl sites for hydroxylation is 1. The summed E-state index contributed by atoms with van der Waals surface area (Å²) in [5.74, 6) is 0.213. The lowest BCUT2D eigenvalue weighted by Crippen LogP contribution is -2.50. The van der Waals surface area contributed by atoms with Gasteiger partial charge in [0.2, 0.25) is 5.91 Å². The van der Waals surface area contributed by atoms with Crippen molar-refractivity contribution in [2.45, 2.75) is 25.9 Å². The van der Waals surface area contributed by atoms with Crippen molar-refractivity contribution in [2.24, 2.45) is 0 Å². The third-order valence-corrected chi connectivity index (χ3v) is 3.96. The maximum Gasteiger partial charge on any atom is 0.223 e. The molecule has 1 aliphatic rings. The van der Waals surface area contributed by atoms with Crippen LogP contribution in [0.3, 0.4) is 0 Å². The van der Waals surface area contributed by atoms with Crippen molar-refractivity contribution in [3.63, 3.8) is 0 Å². The first kappa shape index (κ1) is 14.4. The predicted octanol–water partition coefficient (Wildman–Crippen LogP) is 0.601. The molecule has 19 heavy (non-hydrogen) atoms. The van der Waals surface area contributed by atoms with Gasteiger partial charge in [-0.1, -0.05) is 0 Å². The molecule has 1 fully saturated rings. The number of carbonyl (C=O) groups excluding carboxylic acids is 1. The van der Waals surface area contributed by atoms with Crippen molar-refractivity contribution in [1.29, 1.82) is 0 Å². The van der Waals surface area contributed by atoms with Gasteiger partial charge in [-0.3, -0.25) is 9.69 Å². The highest BCUT2D eigenvalue weighted by Crippen LogP contribution is 2.08. The van der Waals surface area contributed by atoms with E-state index in [1.54, 1.807) is 23.8 Å². The van der Waals surface area contributed by atoms with Gasteiger partial charge in [0.15, 0.2) is 0 Å². The van der Waals surface area contributed by atoms with Gasteiger partial charge in [0, 0.05) is 44.5 Å². The van der Waals surface area contributed by atoms with Gasteiger partial charge in [0.25, 0.3) is 0 Å². The molecule has 0 spiro atoms. The van der Waals surface area contributed by atoms with Crippen LogP contribution >= 0.6 is 11.3 Å². The van der Waals surface area contributed by atoms with E-state index in [4.69, 9.17) is 0 Å². The molecule has 1 unspecified atom stereocenters. The number of aliphatic hydroxyl groups excluding tert-OH is 1. The second-order valence-electron chi connectivity index (χ2n) is 5.01. The summed E-state index contributed by atoms with van der Waals surface area (Å²) in [6.07, 6.45) is 0.975. The molecular weight excluding hydrogens is 262 g/mol. The number of rotatable bonds is 5. The van der Waals surface area contributed by atoms with E-state index in [9.17, 15) is 9.90 Å². The standard InChI is InChI=1S/C13H21N3O2S/c1-11(17)8-15-4-6-16(7-5-15)13(18)3-2-12-9-19-10-14-12/h9-11,17H,2-8H2,1H3. The molecule has 1 atom stereocenters. The van der Waals surface area contributed by atoms with Crippen molar-refractivity contribution in [3.8, 4) is 0 Å². The average molecular weight is 283 g/mol. The van der Waals surface area contributed by atoms with Crippen molar-refractivity contribution in [2.75, 3.05) is 32.7 Å². The number of amides is 1. The first-order valence-corrected chi connectivity index (χ1v) is 7.64. The number of carbonyl (C=O) groups is 1. The molecule has 2 rings (SSSR count). The Balaban J connectivity index is 1.70. The lowest BCUT2D eigenvalue weighted by molar-refractivity contribution is -0.133. The third kappa shape index (κ3) is 4.56. The van der Waals surface area contributed by atoms with Crippen LogP contribution in [0.2, 0.25) is 0 Å². The Labute approximate surface area is 117 Å². The van der Waals surface area contributed by atoms with Crippen LogP contribution in [0.5, 0.6) is 0 Å². The molecule has 1 aromatic heterocycles. The molecule has 1 saturated heterocycles. The lowest BCUT2D eigenvalue weighted by atomic mass is 10.2. The summed E-state index contributed by atoms with van der Waals surface area (Å²) < 4.78 is 0. The Hall–Kier alpha value is -0.980. The Bertz CT molecular complexity index is 387. The van der Waals surface area contributed by atoms with E-state index in [2.05, 4.69) is 9.88 Å². The third-order valence-electron chi connectivity index (χ3n) is 3.33. The van der Waals surface area contributed by atoms with Crippen LogP contribution in [0.4, 0.5) is 0 Å². The zero-order valence-electron chi connectivity index (χ0n) is 11.3. The van der Waals surface area contributed by atoms with E-state index >= 15 is 0 Å². The van der Waals surface area contributed by atoms with Crippen molar-refractivity contribution in [1.82, 2.24) is 14.8 Å². The minimum atomic E-state index is -0.299. The number of hydrogen-bond acceptors (Lipinski definition) is 5. The van der Waals surface area contributed by atoms with E-state index in [0.29, 0.717) is 13.0 Å². The second-order valence-corrected chi connectivity index (χ2v) is 5.73. The van der Waals surface area contributed by atoms with E-state index in [1.165, 1.54) is 0 Å². The molecule has 6 heteroatoms. The van der Waals surface area contributed by atoms with Crippen LogP contribution in [0, 0.1) is 0 Å². The quantitative estimate of drug-likeness (QED) is 0.860. The van der Waals surface area contributed by atoms with Crippen LogP contribution in [-0.4, -0.2) is 64.6 Å². The van der Waals surface area contributed by atoms with Gasteiger partial charge in [-0.25, -0.2) is 4.98 Å². The maximum absolute atomic E-state index is 12.1. The van der Waals surface area contributed by atoms with Gasteiger partial charge in [0.1, 0.15) is 0 Å². The zero-order valence-corrected chi connectivity index (χ0v) is 12.1. The number of nitrogens with zero attached hydrogens (tertiary/aromatic N) is 3. The summed E-state index contributed by atoms with van der Waals surface area (Å²) in [7, 11) is 0. The molecule has 1 aromatic rings. The van der Waals surface area contributed by atoms with E-state index < -0.39 is 0 Å². The molecule has 0 radical (unpaired) electrons. The Morgan fingerprint density at radius 1 is 1.47 bits per heavy atom. The SMILES string of the molecule is CC(O)CN1CCN(C(=O)CCc2cscn2)CC1. The molecule has 2 heterocycles. The second kappa shape index (κ2) is 6.98. The molecule has 1 N–H and O–H groups in total. The minimum Gasteiger partial charge on any atom is -0.392 e. The molecule has 106 valence electrons. The van der Waals surface area contributed by atoms with Gasteiger partial charge in [-0.15, -0.1) is 11.3 Å². The summed E-state index contributed by atoms with van der Waals surface area (Å²) in [5.41, 5.74) is 2.81. The Kier molecular flexibility index (Phi) is 5.30. The lowest BCUT2D eigenvalue weighted by Gasteiger charge is -2.35. The number of β-amino-alcohol motifs (C(OH)–C–C–N with tert-alkyl or cyclic N) is 1. The monoisotopic (exact) mass is 283 g/mol. The van der Waals surface area contributed by atoms with Crippen molar-refractivity contribution < 1.29 is 9.90 Å². The first-order valence-electron chi connectivity index (χ1n) is 6.70. The first-order chi connectivity index (χ1) is 9.15. The Morgan fingerprint density at radius 3 is 2.79 bits per heavy atom. The van der Waals surface area contributed by atoms with Crippen LogP contribution in [0.25, 0.3) is 0 Å². The van der Waals surface area contributed by atoms with E-state index in [-0.39, 0.29) is 12.0 Å². The van der Waals surface area contributed by atoms with Gasteiger partial charge in [-0.05, 0) is 13.3 Å². The minimum absolute atomic E-state index is 0.213. The van der Waals surface area contributed by atoms with Crippen LogP contribution in [0.15, 0.2) is 10.9 Å². The fourth-order valence-electron chi connectivity index (χ4n) is 2.31. The number of hydrogen-bond donors (Lipinski definition) is 1. The molecule has 1 amide bonds.